The Morgan fingerprint density at radius 3 is 2.32 bits per heavy atom. The van der Waals surface area contributed by atoms with E-state index in [1.54, 1.807) is 20.3 Å². The van der Waals surface area contributed by atoms with E-state index in [4.69, 9.17) is 37.7 Å². The van der Waals surface area contributed by atoms with Crippen molar-refractivity contribution in [1.29, 1.82) is 0 Å². The predicted molar refractivity (Wildman–Crippen MR) is 114 cm³/mol. The molecule has 0 saturated heterocycles. The molecule has 146 valence electrons. The summed E-state index contributed by atoms with van der Waals surface area (Å²) in [4.78, 5) is 9.15. The van der Waals surface area contributed by atoms with Crippen molar-refractivity contribution < 1.29 is 9.47 Å². The minimum absolute atomic E-state index is 0.512. The Labute approximate surface area is 174 Å². The van der Waals surface area contributed by atoms with Crippen molar-refractivity contribution in [3.05, 3.63) is 69.5 Å². The smallest absolute Gasteiger partial charge is 0.227 e. The Hall–Kier alpha value is -2.50. The summed E-state index contributed by atoms with van der Waals surface area (Å²) in [6, 6.07) is 11.2. The summed E-state index contributed by atoms with van der Waals surface area (Å²) in [7, 11) is 3.19. The second-order valence-corrected chi connectivity index (χ2v) is 6.95. The number of anilines is 2. The van der Waals surface area contributed by atoms with E-state index in [1.807, 2.05) is 36.5 Å². The Morgan fingerprint density at radius 1 is 0.964 bits per heavy atom. The van der Waals surface area contributed by atoms with Crippen LogP contribution in [0.4, 0.5) is 11.6 Å². The zero-order valence-electron chi connectivity index (χ0n) is 15.9. The van der Waals surface area contributed by atoms with Crippen LogP contribution in [0.5, 0.6) is 11.5 Å². The first-order valence-electron chi connectivity index (χ1n) is 8.81. The Balaban J connectivity index is 1.88. The van der Waals surface area contributed by atoms with E-state index in [0.29, 0.717) is 33.9 Å². The third-order valence-electron chi connectivity index (χ3n) is 4.33. The van der Waals surface area contributed by atoms with Gasteiger partial charge in [-0.05, 0) is 41.8 Å². The maximum absolute atomic E-state index is 6.13. The third-order valence-corrected chi connectivity index (χ3v) is 4.95. The minimum Gasteiger partial charge on any atom is -0.495 e. The monoisotopic (exact) mass is 417 g/mol. The first kappa shape index (κ1) is 20.2. The van der Waals surface area contributed by atoms with Gasteiger partial charge in [0, 0.05) is 24.4 Å². The summed E-state index contributed by atoms with van der Waals surface area (Å²) in [5, 5.41) is 4.34. The normalized spacial score (nSPS) is 10.6. The van der Waals surface area contributed by atoms with Gasteiger partial charge in [-0.15, -0.1) is 0 Å². The van der Waals surface area contributed by atoms with E-state index in [9.17, 15) is 0 Å². The van der Waals surface area contributed by atoms with Crippen molar-refractivity contribution in [3.63, 3.8) is 0 Å². The van der Waals surface area contributed by atoms with Crippen LogP contribution in [0.1, 0.15) is 23.7 Å². The molecule has 0 unspecified atom stereocenters. The van der Waals surface area contributed by atoms with Gasteiger partial charge >= 0.3 is 0 Å². The summed E-state index contributed by atoms with van der Waals surface area (Å²) in [6.07, 6.45) is 3.35. The molecule has 1 N–H and O–H groups in total. The molecule has 7 heteroatoms. The second kappa shape index (κ2) is 9.13. The van der Waals surface area contributed by atoms with E-state index >= 15 is 0 Å². The number of nitrogens with one attached hydrogen (secondary N) is 1. The highest BCUT2D eigenvalue weighted by atomic mass is 35.5. The highest BCUT2D eigenvalue weighted by molar-refractivity contribution is 6.32. The van der Waals surface area contributed by atoms with Crippen molar-refractivity contribution in [3.8, 4) is 11.5 Å². The van der Waals surface area contributed by atoms with Crippen LogP contribution in [0.25, 0.3) is 0 Å². The van der Waals surface area contributed by atoms with E-state index in [-0.39, 0.29) is 0 Å². The minimum atomic E-state index is 0.512. The summed E-state index contributed by atoms with van der Waals surface area (Å²) in [5.74, 6) is 1.75. The highest BCUT2D eigenvalue weighted by Crippen LogP contribution is 2.29. The van der Waals surface area contributed by atoms with Crippen molar-refractivity contribution in [2.24, 2.45) is 0 Å². The van der Waals surface area contributed by atoms with E-state index in [0.717, 1.165) is 28.9 Å². The highest BCUT2D eigenvalue weighted by Gasteiger charge is 2.10. The van der Waals surface area contributed by atoms with Crippen LogP contribution in [0.2, 0.25) is 10.0 Å². The number of halogens is 2. The van der Waals surface area contributed by atoms with E-state index < -0.39 is 0 Å². The maximum Gasteiger partial charge on any atom is 0.227 e. The summed E-state index contributed by atoms with van der Waals surface area (Å²) >= 11 is 12.2. The molecule has 2 aromatic carbocycles. The third kappa shape index (κ3) is 4.66. The molecule has 0 radical (unpaired) electrons. The zero-order chi connectivity index (χ0) is 20.1. The fourth-order valence-corrected chi connectivity index (χ4v) is 3.21. The lowest BCUT2D eigenvalue weighted by atomic mass is 10.0. The number of aryl methyl sites for hydroxylation is 1. The summed E-state index contributed by atoms with van der Waals surface area (Å²) in [5.41, 5.74) is 3.90. The van der Waals surface area contributed by atoms with Gasteiger partial charge in [-0.2, -0.15) is 0 Å². The van der Waals surface area contributed by atoms with Gasteiger partial charge in [0.25, 0.3) is 0 Å². The van der Waals surface area contributed by atoms with Gasteiger partial charge in [0.05, 0.1) is 30.0 Å². The lowest BCUT2D eigenvalue weighted by Crippen LogP contribution is -2.05. The van der Waals surface area contributed by atoms with Gasteiger partial charge in [0.15, 0.2) is 0 Å². The van der Waals surface area contributed by atoms with Crippen molar-refractivity contribution >= 4 is 34.8 Å². The maximum atomic E-state index is 6.13. The topological polar surface area (TPSA) is 56.3 Å². The quantitative estimate of drug-likeness (QED) is 0.534. The molecule has 28 heavy (non-hydrogen) atoms. The largest absolute Gasteiger partial charge is 0.495 e. The number of rotatable bonds is 7. The molecule has 0 aliphatic heterocycles. The van der Waals surface area contributed by atoms with Crippen molar-refractivity contribution in [2.45, 2.75) is 19.8 Å². The lowest BCUT2D eigenvalue weighted by Gasteiger charge is -2.12. The summed E-state index contributed by atoms with van der Waals surface area (Å²) in [6.45, 7) is 2.09. The van der Waals surface area contributed by atoms with Crippen LogP contribution in [0, 0.1) is 0 Å². The Morgan fingerprint density at radius 2 is 1.64 bits per heavy atom. The SMILES string of the molecule is CCc1cnc(Nc2ccc(Cl)c(OC)c2)nc1Cc1ccc(Cl)c(OC)c1. The van der Waals surface area contributed by atoms with Crippen LogP contribution in [-0.2, 0) is 12.8 Å². The number of benzene rings is 2. The fourth-order valence-electron chi connectivity index (χ4n) is 2.82. The molecule has 0 fully saturated rings. The van der Waals surface area contributed by atoms with Gasteiger partial charge < -0.3 is 14.8 Å². The molecular formula is C21H21Cl2N3O2. The molecule has 3 aromatic rings. The predicted octanol–water partition coefficient (Wildman–Crippen LogP) is 5.70. The number of hydrogen-bond donors (Lipinski definition) is 1. The first-order valence-corrected chi connectivity index (χ1v) is 9.57. The van der Waals surface area contributed by atoms with Gasteiger partial charge in [0.1, 0.15) is 11.5 Å². The van der Waals surface area contributed by atoms with Crippen LogP contribution < -0.4 is 14.8 Å². The van der Waals surface area contributed by atoms with Crippen molar-refractivity contribution in [1.82, 2.24) is 9.97 Å². The average molecular weight is 418 g/mol. The molecule has 0 amide bonds. The number of aromatic nitrogens is 2. The van der Waals surface area contributed by atoms with Crippen LogP contribution in [0.15, 0.2) is 42.6 Å². The molecule has 1 heterocycles. The molecule has 0 spiro atoms. The number of ether oxygens (including phenoxy) is 2. The lowest BCUT2D eigenvalue weighted by molar-refractivity contribution is 0.414. The standard InChI is InChI=1S/C21H21Cl2N3O2/c1-4-14-12-24-21(25-15-6-8-17(23)20(11-15)28-3)26-18(14)9-13-5-7-16(22)19(10-13)27-2/h5-8,10-12H,4,9H2,1-3H3,(H,24,25,26). The second-order valence-electron chi connectivity index (χ2n) is 6.14. The van der Waals surface area contributed by atoms with Gasteiger partial charge in [-0.25, -0.2) is 9.97 Å². The van der Waals surface area contributed by atoms with Gasteiger partial charge in [-0.3, -0.25) is 0 Å². The molecule has 0 saturated carbocycles. The number of nitrogens with zero attached hydrogens (tertiary/aromatic N) is 2. The number of methoxy groups -OCH3 is 2. The zero-order valence-corrected chi connectivity index (χ0v) is 17.4. The molecule has 3 rings (SSSR count). The van der Waals surface area contributed by atoms with Crippen LogP contribution >= 0.6 is 23.2 Å². The first-order chi connectivity index (χ1) is 13.5. The average Bonchev–Trinajstić information content (AvgIpc) is 2.71. The Kier molecular flexibility index (Phi) is 6.60. The van der Waals surface area contributed by atoms with Crippen LogP contribution in [-0.4, -0.2) is 24.2 Å². The fraction of sp³-hybridized carbons (Fsp3) is 0.238. The van der Waals surface area contributed by atoms with Gasteiger partial charge in [0.2, 0.25) is 5.95 Å². The molecular weight excluding hydrogens is 397 g/mol. The Bertz CT molecular complexity index is 980. The van der Waals surface area contributed by atoms with E-state index in [2.05, 4.69) is 17.2 Å². The summed E-state index contributed by atoms with van der Waals surface area (Å²) < 4.78 is 10.6. The van der Waals surface area contributed by atoms with Crippen LogP contribution in [0.3, 0.4) is 0 Å². The van der Waals surface area contributed by atoms with Gasteiger partial charge in [-0.1, -0.05) is 36.2 Å². The molecule has 5 nitrogen and oxygen atoms in total. The van der Waals surface area contributed by atoms with Crippen molar-refractivity contribution in [2.75, 3.05) is 19.5 Å². The molecule has 0 aliphatic rings. The number of hydrogen-bond acceptors (Lipinski definition) is 5. The molecule has 0 bridgehead atoms. The van der Waals surface area contributed by atoms with E-state index in [1.165, 1.54) is 0 Å². The molecule has 0 atom stereocenters. The molecule has 0 aliphatic carbocycles. The molecule has 1 aromatic heterocycles.